The molecule has 0 aromatic heterocycles. The summed E-state index contributed by atoms with van der Waals surface area (Å²) in [6.07, 6.45) is 1.48. The van der Waals surface area contributed by atoms with Crippen molar-refractivity contribution < 1.29 is 19.2 Å². The van der Waals surface area contributed by atoms with E-state index in [9.17, 15) is 14.9 Å². The van der Waals surface area contributed by atoms with E-state index < -0.39 is 10.8 Å². The number of rotatable bonds is 7. The first kappa shape index (κ1) is 18.4. The molecule has 1 amide bonds. The van der Waals surface area contributed by atoms with E-state index in [1.807, 2.05) is 0 Å². The number of halogens is 1. The maximum atomic E-state index is 11.7. The van der Waals surface area contributed by atoms with E-state index in [0.717, 1.165) is 10.0 Å². The molecule has 8 nitrogen and oxygen atoms in total. The highest BCUT2D eigenvalue weighted by molar-refractivity contribution is 9.10. The number of non-ortho nitro benzene ring substituents is 1. The van der Waals surface area contributed by atoms with Crippen LogP contribution < -0.4 is 14.9 Å². The van der Waals surface area contributed by atoms with Crippen LogP contribution in [-0.2, 0) is 4.79 Å². The second kappa shape index (κ2) is 8.78. The van der Waals surface area contributed by atoms with Gasteiger partial charge in [-0.15, -0.1) is 0 Å². The van der Waals surface area contributed by atoms with Gasteiger partial charge in [0.25, 0.3) is 11.6 Å². The van der Waals surface area contributed by atoms with Gasteiger partial charge in [0.15, 0.2) is 6.61 Å². The Morgan fingerprint density at radius 2 is 2.04 bits per heavy atom. The number of hydrazone groups is 1. The minimum Gasteiger partial charge on any atom is -0.496 e. The Morgan fingerprint density at radius 3 is 2.64 bits per heavy atom. The zero-order valence-corrected chi connectivity index (χ0v) is 14.7. The second-order valence-electron chi connectivity index (χ2n) is 4.73. The Labute approximate surface area is 151 Å². The second-order valence-corrected chi connectivity index (χ2v) is 5.58. The molecule has 0 fully saturated rings. The molecule has 0 radical (unpaired) electrons. The fourth-order valence-corrected chi connectivity index (χ4v) is 2.35. The number of nitro benzene ring substituents is 1. The van der Waals surface area contributed by atoms with Gasteiger partial charge in [-0.1, -0.05) is 0 Å². The highest BCUT2D eigenvalue weighted by Crippen LogP contribution is 2.24. The summed E-state index contributed by atoms with van der Waals surface area (Å²) in [6, 6.07) is 10.8. The largest absolute Gasteiger partial charge is 0.496 e. The van der Waals surface area contributed by atoms with E-state index in [1.54, 1.807) is 25.3 Å². The van der Waals surface area contributed by atoms with Gasteiger partial charge in [-0.2, -0.15) is 5.10 Å². The van der Waals surface area contributed by atoms with E-state index >= 15 is 0 Å². The van der Waals surface area contributed by atoms with Crippen molar-refractivity contribution in [2.45, 2.75) is 0 Å². The van der Waals surface area contributed by atoms with Crippen LogP contribution in [0.3, 0.4) is 0 Å². The van der Waals surface area contributed by atoms with E-state index in [2.05, 4.69) is 26.5 Å². The lowest BCUT2D eigenvalue weighted by molar-refractivity contribution is -0.384. The third-order valence-corrected chi connectivity index (χ3v) is 3.62. The van der Waals surface area contributed by atoms with Gasteiger partial charge >= 0.3 is 0 Å². The van der Waals surface area contributed by atoms with Crippen LogP contribution in [0.2, 0.25) is 0 Å². The smallest absolute Gasteiger partial charge is 0.277 e. The fraction of sp³-hybridized carbons (Fsp3) is 0.125. The predicted molar refractivity (Wildman–Crippen MR) is 95.0 cm³/mol. The van der Waals surface area contributed by atoms with Gasteiger partial charge in [-0.3, -0.25) is 14.9 Å². The van der Waals surface area contributed by atoms with Crippen LogP contribution in [0.4, 0.5) is 5.69 Å². The third-order valence-electron chi connectivity index (χ3n) is 3.00. The summed E-state index contributed by atoms with van der Waals surface area (Å²) in [4.78, 5) is 21.7. The van der Waals surface area contributed by atoms with Crippen molar-refractivity contribution in [2.75, 3.05) is 13.7 Å². The average Bonchev–Trinajstić information content (AvgIpc) is 2.60. The number of carbonyl (C=O) groups is 1. The van der Waals surface area contributed by atoms with Crippen molar-refractivity contribution in [3.8, 4) is 11.5 Å². The first-order valence-corrected chi connectivity index (χ1v) is 7.81. The molecule has 0 aliphatic carbocycles. The number of nitro groups is 1. The maximum Gasteiger partial charge on any atom is 0.277 e. The molecular weight excluding hydrogens is 394 g/mol. The van der Waals surface area contributed by atoms with Crippen LogP contribution in [0.5, 0.6) is 11.5 Å². The Kier molecular flexibility index (Phi) is 6.47. The number of hydrogen-bond acceptors (Lipinski definition) is 6. The number of ether oxygens (including phenoxy) is 2. The molecule has 9 heteroatoms. The topological polar surface area (TPSA) is 103 Å². The van der Waals surface area contributed by atoms with Crippen LogP contribution in [0.1, 0.15) is 5.56 Å². The number of hydrogen-bond donors (Lipinski definition) is 1. The maximum absolute atomic E-state index is 11.7. The van der Waals surface area contributed by atoms with Gasteiger partial charge in [0.1, 0.15) is 11.5 Å². The number of nitrogens with one attached hydrogen (secondary N) is 1. The molecular formula is C16H14BrN3O5. The molecule has 0 aliphatic heterocycles. The lowest BCUT2D eigenvalue weighted by Crippen LogP contribution is -2.24. The first-order valence-electron chi connectivity index (χ1n) is 7.02. The number of methoxy groups -OCH3 is 1. The number of amides is 1. The summed E-state index contributed by atoms with van der Waals surface area (Å²) < 4.78 is 11.1. The number of nitrogens with zero attached hydrogens (tertiary/aromatic N) is 2. The van der Waals surface area contributed by atoms with Crippen LogP contribution in [0.25, 0.3) is 0 Å². The van der Waals surface area contributed by atoms with E-state index in [4.69, 9.17) is 9.47 Å². The highest BCUT2D eigenvalue weighted by atomic mass is 79.9. The van der Waals surface area contributed by atoms with Gasteiger partial charge < -0.3 is 9.47 Å². The Bertz CT molecular complexity index is 793. The fourth-order valence-electron chi connectivity index (χ4n) is 1.79. The summed E-state index contributed by atoms with van der Waals surface area (Å²) >= 11 is 3.36. The molecule has 0 unspecified atom stereocenters. The van der Waals surface area contributed by atoms with Gasteiger partial charge in [-0.25, -0.2) is 5.43 Å². The van der Waals surface area contributed by atoms with Crippen LogP contribution in [0.15, 0.2) is 52.0 Å². The van der Waals surface area contributed by atoms with Crippen molar-refractivity contribution >= 4 is 33.7 Å². The SMILES string of the molecule is COc1ccc(/C=N/NC(=O)COc2ccc([N+](=O)[O-])cc2)cc1Br. The molecule has 2 aromatic carbocycles. The van der Waals surface area contributed by atoms with Crippen molar-refractivity contribution in [1.29, 1.82) is 0 Å². The van der Waals surface area contributed by atoms with Crippen molar-refractivity contribution in [3.63, 3.8) is 0 Å². The van der Waals surface area contributed by atoms with Crippen molar-refractivity contribution in [1.82, 2.24) is 5.43 Å². The molecule has 0 atom stereocenters. The molecule has 0 bridgehead atoms. The van der Waals surface area contributed by atoms with Crippen LogP contribution >= 0.6 is 15.9 Å². The molecule has 0 aliphatic rings. The molecule has 25 heavy (non-hydrogen) atoms. The predicted octanol–water partition coefficient (Wildman–Crippen LogP) is 2.90. The summed E-state index contributed by atoms with van der Waals surface area (Å²) in [5.41, 5.74) is 3.05. The summed E-state index contributed by atoms with van der Waals surface area (Å²) in [6.45, 7) is -0.262. The summed E-state index contributed by atoms with van der Waals surface area (Å²) in [7, 11) is 1.57. The van der Waals surface area contributed by atoms with Crippen LogP contribution in [0, 0.1) is 10.1 Å². The Morgan fingerprint density at radius 1 is 1.32 bits per heavy atom. The van der Waals surface area contributed by atoms with Gasteiger partial charge in [0.05, 0.1) is 22.7 Å². The molecule has 1 N–H and O–H groups in total. The van der Waals surface area contributed by atoms with Gasteiger partial charge in [0, 0.05) is 12.1 Å². The van der Waals surface area contributed by atoms with E-state index in [1.165, 1.54) is 30.5 Å². The van der Waals surface area contributed by atoms with Gasteiger partial charge in [-0.05, 0) is 51.8 Å². The third kappa shape index (κ3) is 5.57. The lowest BCUT2D eigenvalue weighted by Gasteiger charge is -2.05. The zero-order chi connectivity index (χ0) is 18.2. The molecule has 0 saturated heterocycles. The lowest BCUT2D eigenvalue weighted by atomic mass is 10.2. The summed E-state index contributed by atoms with van der Waals surface area (Å²) in [5, 5.41) is 14.4. The van der Waals surface area contributed by atoms with E-state index in [0.29, 0.717) is 11.5 Å². The minimum absolute atomic E-state index is 0.0490. The normalized spacial score (nSPS) is 10.5. The zero-order valence-electron chi connectivity index (χ0n) is 13.1. The quantitative estimate of drug-likeness (QED) is 0.431. The van der Waals surface area contributed by atoms with Crippen molar-refractivity contribution in [3.05, 3.63) is 62.6 Å². The standard InChI is InChI=1S/C16H14BrN3O5/c1-24-15-7-2-11(8-14(15)17)9-18-19-16(21)10-25-13-5-3-12(4-6-13)20(22)23/h2-9H,10H2,1H3,(H,19,21)/b18-9+. The van der Waals surface area contributed by atoms with E-state index in [-0.39, 0.29) is 12.3 Å². The van der Waals surface area contributed by atoms with Gasteiger partial charge in [0.2, 0.25) is 0 Å². The van der Waals surface area contributed by atoms with Crippen molar-refractivity contribution in [2.24, 2.45) is 5.10 Å². The Balaban J connectivity index is 1.82. The Hall–Kier alpha value is -2.94. The molecule has 0 heterocycles. The molecule has 2 rings (SSSR count). The first-order chi connectivity index (χ1) is 12.0. The van der Waals surface area contributed by atoms with Crippen LogP contribution in [-0.4, -0.2) is 30.8 Å². The number of benzene rings is 2. The average molecular weight is 408 g/mol. The molecule has 0 saturated carbocycles. The number of carbonyl (C=O) groups excluding carboxylic acids is 1. The minimum atomic E-state index is -0.511. The monoisotopic (exact) mass is 407 g/mol. The summed E-state index contributed by atoms with van der Waals surface area (Å²) in [5.74, 6) is 0.587. The molecule has 0 spiro atoms. The molecule has 2 aromatic rings. The highest BCUT2D eigenvalue weighted by Gasteiger charge is 2.06. The molecule has 130 valence electrons.